The fourth-order valence-electron chi connectivity index (χ4n) is 3.40. The van der Waals surface area contributed by atoms with Crippen molar-refractivity contribution in [3.05, 3.63) is 48.0 Å². The number of nitrogens with one attached hydrogen (secondary N) is 1. The monoisotopic (exact) mass is 410 g/mol. The lowest BCUT2D eigenvalue weighted by molar-refractivity contribution is -0.151. The number of ether oxygens (including phenoxy) is 3. The molecule has 0 saturated carbocycles. The van der Waals surface area contributed by atoms with E-state index in [0.29, 0.717) is 36.1 Å². The summed E-state index contributed by atoms with van der Waals surface area (Å²) in [5.74, 6) is -0.601. The van der Waals surface area contributed by atoms with Gasteiger partial charge >= 0.3 is 5.97 Å². The predicted molar refractivity (Wildman–Crippen MR) is 109 cm³/mol. The lowest BCUT2D eigenvalue weighted by Gasteiger charge is -2.22. The zero-order chi connectivity index (χ0) is 21.1. The molecule has 2 aliphatic rings. The lowest BCUT2D eigenvalue weighted by atomic mass is 10.1. The summed E-state index contributed by atoms with van der Waals surface area (Å²) in [5, 5.41) is 2.67. The Balaban J connectivity index is 1.31. The summed E-state index contributed by atoms with van der Waals surface area (Å²) in [6.07, 6.45) is 0.0346. The quantitative estimate of drug-likeness (QED) is 0.761. The molecule has 8 heteroatoms. The first kappa shape index (κ1) is 19.8. The molecule has 1 N–H and O–H groups in total. The fourth-order valence-corrected chi connectivity index (χ4v) is 3.40. The van der Waals surface area contributed by atoms with Crippen LogP contribution in [0, 0.1) is 12.8 Å². The highest BCUT2D eigenvalue weighted by Crippen LogP contribution is 2.36. The minimum absolute atomic E-state index is 0.0346. The fraction of sp³-hybridized carbons (Fsp3) is 0.318. The van der Waals surface area contributed by atoms with Crippen LogP contribution in [0.1, 0.15) is 12.0 Å². The van der Waals surface area contributed by atoms with Gasteiger partial charge < -0.3 is 24.4 Å². The zero-order valence-corrected chi connectivity index (χ0v) is 16.6. The molecule has 0 unspecified atom stereocenters. The number of aryl methyl sites for hydroxylation is 1. The van der Waals surface area contributed by atoms with Crippen LogP contribution < -0.4 is 19.7 Å². The third kappa shape index (κ3) is 4.37. The van der Waals surface area contributed by atoms with Crippen molar-refractivity contribution >= 4 is 29.2 Å². The number of esters is 1. The highest BCUT2D eigenvalue weighted by atomic mass is 16.6. The van der Waals surface area contributed by atoms with Gasteiger partial charge in [0.05, 0.1) is 5.92 Å². The van der Waals surface area contributed by atoms with Gasteiger partial charge in [0.2, 0.25) is 5.91 Å². The van der Waals surface area contributed by atoms with Crippen molar-refractivity contribution in [1.29, 1.82) is 0 Å². The van der Waals surface area contributed by atoms with E-state index in [9.17, 15) is 14.4 Å². The van der Waals surface area contributed by atoms with Crippen LogP contribution in [0.4, 0.5) is 11.4 Å². The van der Waals surface area contributed by atoms with Crippen molar-refractivity contribution in [1.82, 2.24) is 0 Å². The minimum Gasteiger partial charge on any atom is -0.486 e. The van der Waals surface area contributed by atoms with Crippen molar-refractivity contribution in [2.75, 3.05) is 36.6 Å². The highest BCUT2D eigenvalue weighted by Gasteiger charge is 2.36. The molecule has 0 radical (unpaired) electrons. The van der Waals surface area contributed by atoms with Gasteiger partial charge in [-0.25, -0.2) is 0 Å². The molecule has 0 aliphatic carbocycles. The number of amides is 2. The molecule has 1 saturated heterocycles. The molecular weight excluding hydrogens is 388 g/mol. The van der Waals surface area contributed by atoms with E-state index in [1.807, 2.05) is 19.1 Å². The summed E-state index contributed by atoms with van der Waals surface area (Å²) in [7, 11) is 0. The molecular formula is C22H22N2O6. The summed E-state index contributed by atoms with van der Waals surface area (Å²) in [5.41, 5.74) is 2.34. The number of fused-ring (bicyclic) bond motifs is 1. The number of carbonyl (C=O) groups is 3. The Morgan fingerprint density at radius 3 is 2.60 bits per heavy atom. The number of rotatable bonds is 5. The Kier molecular flexibility index (Phi) is 5.56. The molecule has 2 heterocycles. The molecule has 2 aliphatic heterocycles. The summed E-state index contributed by atoms with van der Waals surface area (Å²) in [6.45, 7) is 2.67. The molecule has 2 amide bonds. The van der Waals surface area contributed by atoms with E-state index in [4.69, 9.17) is 14.2 Å². The number of anilines is 2. The summed E-state index contributed by atoms with van der Waals surface area (Å²) in [4.78, 5) is 38.3. The Hall–Kier alpha value is -3.55. The maximum Gasteiger partial charge on any atom is 0.311 e. The van der Waals surface area contributed by atoms with E-state index in [1.165, 1.54) is 4.90 Å². The molecule has 2 aromatic rings. The van der Waals surface area contributed by atoms with Gasteiger partial charge in [0.15, 0.2) is 18.1 Å². The Labute approximate surface area is 173 Å². The highest BCUT2D eigenvalue weighted by molar-refractivity contribution is 6.00. The molecule has 1 atom stereocenters. The van der Waals surface area contributed by atoms with Crippen LogP contribution in [-0.4, -0.2) is 44.1 Å². The summed E-state index contributed by atoms with van der Waals surface area (Å²) in [6, 6.07) is 12.5. The molecule has 8 nitrogen and oxygen atoms in total. The van der Waals surface area contributed by atoms with Crippen LogP contribution in [0.25, 0.3) is 0 Å². The first-order valence-electron chi connectivity index (χ1n) is 9.73. The number of nitrogens with zero attached hydrogens (tertiary/aromatic N) is 1. The average Bonchev–Trinajstić information content (AvgIpc) is 3.15. The molecule has 0 spiro atoms. The van der Waals surface area contributed by atoms with E-state index in [-0.39, 0.29) is 18.9 Å². The molecule has 156 valence electrons. The van der Waals surface area contributed by atoms with Gasteiger partial charge in [-0.15, -0.1) is 0 Å². The second kappa shape index (κ2) is 8.44. The van der Waals surface area contributed by atoms with Crippen LogP contribution in [0.2, 0.25) is 0 Å². The van der Waals surface area contributed by atoms with Crippen LogP contribution in [-0.2, 0) is 19.1 Å². The van der Waals surface area contributed by atoms with Crippen molar-refractivity contribution in [2.24, 2.45) is 5.92 Å². The van der Waals surface area contributed by atoms with Gasteiger partial charge in [-0.2, -0.15) is 0 Å². The second-order valence-corrected chi connectivity index (χ2v) is 7.26. The Morgan fingerprint density at radius 1 is 1.10 bits per heavy atom. The first-order chi connectivity index (χ1) is 14.5. The van der Waals surface area contributed by atoms with Crippen LogP contribution in [0.15, 0.2) is 42.5 Å². The second-order valence-electron chi connectivity index (χ2n) is 7.26. The van der Waals surface area contributed by atoms with E-state index < -0.39 is 24.4 Å². The van der Waals surface area contributed by atoms with E-state index in [0.717, 1.165) is 5.56 Å². The van der Waals surface area contributed by atoms with E-state index in [1.54, 1.807) is 30.3 Å². The maximum atomic E-state index is 12.4. The van der Waals surface area contributed by atoms with Gasteiger partial charge in [-0.3, -0.25) is 14.4 Å². The predicted octanol–water partition coefficient (Wildman–Crippen LogP) is 2.30. The van der Waals surface area contributed by atoms with Crippen molar-refractivity contribution in [3.63, 3.8) is 0 Å². The molecule has 0 bridgehead atoms. The Bertz CT molecular complexity index is 972. The normalized spacial score (nSPS) is 17.6. The van der Waals surface area contributed by atoms with Gasteiger partial charge in [0.1, 0.15) is 13.2 Å². The number of hydrogen-bond donors (Lipinski definition) is 1. The van der Waals surface area contributed by atoms with Crippen LogP contribution in [0.3, 0.4) is 0 Å². The van der Waals surface area contributed by atoms with Gasteiger partial charge in [-0.05, 0) is 31.2 Å². The van der Waals surface area contributed by atoms with Gasteiger partial charge in [0.25, 0.3) is 5.91 Å². The average molecular weight is 410 g/mol. The molecule has 4 rings (SSSR count). The summed E-state index contributed by atoms with van der Waals surface area (Å²) < 4.78 is 16.2. The minimum atomic E-state index is -0.627. The number of hydrogen-bond acceptors (Lipinski definition) is 6. The molecule has 1 fully saturated rings. The van der Waals surface area contributed by atoms with Crippen molar-refractivity contribution < 1.29 is 28.6 Å². The van der Waals surface area contributed by atoms with Gasteiger partial charge in [0, 0.05) is 30.4 Å². The maximum absolute atomic E-state index is 12.4. The number of benzene rings is 2. The largest absolute Gasteiger partial charge is 0.486 e. The topological polar surface area (TPSA) is 94.2 Å². The van der Waals surface area contributed by atoms with Crippen molar-refractivity contribution in [2.45, 2.75) is 13.3 Å². The first-order valence-corrected chi connectivity index (χ1v) is 9.73. The zero-order valence-electron chi connectivity index (χ0n) is 16.6. The SMILES string of the molecule is Cc1ccc(NC(=O)COC(=O)[C@H]2CC(=O)N(c3ccc4c(c3)OCCO4)C2)cc1. The lowest BCUT2D eigenvalue weighted by Crippen LogP contribution is -2.28. The molecule has 2 aromatic carbocycles. The number of carbonyl (C=O) groups excluding carboxylic acids is 3. The third-order valence-corrected chi connectivity index (χ3v) is 4.98. The van der Waals surface area contributed by atoms with Crippen LogP contribution in [0.5, 0.6) is 11.5 Å². The smallest absolute Gasteiger partial charge is 0.311 e. The van der Waals surface area contributed by atoms with Crippen LogP contribution >= 0.6 is 0 Å². The molecule has 0 aromatic heterocycles. The Morgan fingerprint density at radius 2 is 1.83 bits per heavy atom. The van der Waals surface area contributed by atoms with Gasteiger partial charge in [-0.1, -0.05) is 17.7 Å². The van der Waals surface area contributed by atoms with E-state index >= 15 is 0 Å². The molecule has 30 heavy (non-hydrogen) atoms. The summed E-state index contributed by atoms with van der Waals surface area (Å²) >= 11 is 0. The standard InChI is InChI=1S/C22H22N2O6/c1-14-2-4-16(5-3-14)23-20(25)13-30-22(27)15-10-21(26)24(12-15)17-6-7-18-19(11-17)29-9-8-28-18/h2-7,11,15H,8-10,12-13H2,1H3,(H,23,25)/t15-/m0/s1. The third-order valence-electron chi connectivity index (χ3n) is 4.98. The van der Waals surface area contributed by atoms with Crippen molar-refractivity contribution in [3.8, 4) is 11.5 Å². The van der Waals surface area contributed by atoms with E-state index in [2.05, 4.69) is 5.32 Å².